The molecule has 22 heavy (non-hydrogen) atoms. The molecule has 0 radical (unpaired) electrons. The number of hydrogen-bond donors (Lipinski definition) is 0. The lowest BCUT2D eigenvalue weighted by molar-refractivity contribution is 0.380. The standard InChI is InChI=1S/C17H12FN3O/c18-14-7-5-6-13(12-14)17-20-16(22-21-17)10-2-1-8-15-9-3-4-11-19-15/h3-7,9,11-12H,2,10H2. The van der Waals surface area contributed by atoms with Crippen molar-refractivity contribution >= 4 is 0 Å². The number of nitrogens with zero attached hydrogens (tertiary/aromatic N) is 3. The Morgan fingerprint density at radius 1 is 1.14 bits per heavy atom. The second kappa shape index (κ2) is 6.64. The van der Waals surface area contributed by atoms with Crippen LogP contribution < -0.4 is 0 Å². The summed E-state index contributed by atoms with van der Waals surface area (Å²) in [5.74, 6) is 6.50. The molecule has 0 bridgehead atoms. The molecule has 0 fully saturated rings. The number of halogens is 1. The number of aromatic nitrogens is 3. The van der Waals surface area contributed by atoms with E-state index in [1.165, 1.54) is 12.1 Å². The molecule has 3 rings (SSSR count). The molecule has 4 nitrogen and oxygen atoms in total. The van der Waals surface area contributed by atoms with Gasteiger partial charge in [-0.3, -0.25) is 0 Å². The molecule has 0 spiro atoms. The zero-order chi connectivity index (χ0) is 15.2. The molecule has 5 heteroatoms. The Morgan fingerprint density at radius 3 is 2.91 bits per heavy atom. The molecule has 0 N–H and O–H groups in total. The Balaban J connectivity index is 1.62. The molecule has 2 aromatic heterocycles. The summed E-state index contributed by atoms with van der Waals surface area (Å²) >= 11 is 0. The lowest BCUT2D eigenvalue weighted by Crippen LogP contribution is -1.86. The fraction of sp³-hybridized carbons (Fsp3) is 0.118. The second-order valence-corrected chi connectivity index (χ2v) is 4.54. The van der Waals surface area contributed by atoms with Crippen LogP contribution in [0.4, 0.5) is 4.39 Å². The molecular formula is C17H12FN3O. The summed E-state index contributed by atoms with van der Waals surface area (Å²) < 4.78 is 18.3. The van der Waals surface area contributed by atoms with Gasteiger partial charge in [0.1, 0.15) is 11.5 Å². The Morgan fingerprint density at radius 2 is 2.09 bits per heavy atom. The van der Waals surface area contributed by atoms with Crippen LogP contribution in [0, 0.1) is 17.7 Å². The van der Waals surface area contributed by atoms with Gasteiger partial charge in [0.2, 0.25) is 11.7 Å². The van der Waals surface area contributed by atoms with Crippen LogP contribution in [0.15, 0.2) is 53.2 Å². The highest BCUT2D eigenvalue weighted by Crippen LogP contribution is 2.17. The van der Waals surface area contributed by atoms with E-state index in [9.17, 15) is 4.39 Å². The molecule has 0 atom stereocenters. The van der Waals surface area contributed by atoms with Crippen molar-refractivity contribution in [1.29, 1.82) is 0 Å². The lowest BCUT2D eigenvalue weighted by atomic mass is 10.2. The SMILES string of the molecule is Fc1cccc(-c2noc(CCC#Cc3ccccn3)n2)c1. The fourth-order valence-corrected chi connectivity index (χ4v) is 1.86. The van der Waals surface area contributed by atoms with E-state index in [0.717, 1.165) is 5.69 Å². The Kier molecular flexibility index (Phi) is 4.21. The Bertz CT molecular complexity index is 818. The third kappa shape index (κ3) is 3.55. The first-order valence-electron chi connectivity index (χ1n) is 6.80. The Labute approximate surface area is 127 Å². The lowest BCUT2D eigenvalue weighted by Gasteiger charge is -1.92. The molecule has 108 valence electrons. The van der Waals surface area contributed by atoms with Crippen molar-refractivity contribution < 1.29 is 8.91 Å². The van der Waals surface area contributed by atoms with Gasteiger partial charge < -0.3 is 4.52 Å². The molecule has 1 aromatic carbocycles. The van der Waals surface area contributed by atoms with Crippen LogP contribution in [0.2, 0.25) is 0 Å². The van der Waals surface area contributed by atoms with Gasteiger partial charge in [-0.15, -0.1) is 0 Å². The molecule has 0 aliphatic carbocycles. The van der Waals surface area contributed by atoms with Gasteiger partial charge >= 0.3 is 0 Å². The molecule has 0 amide bonds. The van der Waals surface area contributed by atoms with Gasteiger partial charge in [0.15, 0.2) is 0 Å². The van der Waals surface area contributed by atoms with E-state index in [1.807, 2.05) is 18.2 Å². The van der Waals surface area contributed by atoms with E-state index < -0.39 is 0 Å². The van der Waals surface area contributed by atoms with Gasteiger partial charge in [-0.25, -0.2) is 9.37 Å². The van der Waals surface area contributed by atoms with E-state index in [2.05, 4.69) is 27.0 Å². The smallest absolute Gasteiger partial charge is 0.227 e. The van der Waals surface area contributed by atoms with Crippen molar-refractivity contribution in [3.05, 3.63) is 66.1 Å². The topological polar surface area (TPSA) is 51.8 Å². The number of rotatable bonds is 3. The second-order valence-electron chi connectivity index (χ2n) is 4.54. The molecule has 3 aromatic rings. The maximum Gasteiger partial charge on any atom is 0.227 e. The van der Waals surface area contributed by atoms with Crippen LogP contribution in [0.5, 0.6) is 0 Å². The van der Waals surface area contributed by atoms with Crippen molar-refractivity contribution in [2.24, 2.45) is 0 Å². The first-order valence-corrected chi connectivity index (χ1v) is 6.80. The van der Waals surface area contributed by atoms with E-state index in [0.29, 0.717) is 30.1 Å². The molecule has 0 aliphatic rings. The van der Waals surface area contributed by atoms with Crippen LogP contribution >= 0.6 is 0 Å². The summed E-state index contributed by atoms with van der Waals surface area (Å²) in [7, 11) is 0. The van der Waals surface area contributed by atoms with Crippen molar-refractivity contribution in [2.75, 3.05) is 0 Å². The predicted octanol–water partition coefficient (Wildman–Crippen LogP) is 3.26. The van der Waals surface area contributed by atoms with Crippen molar-refractivity contribution in [1.82, 2.24) is 15.1 Å². The number of benzene rings is 1. The summed E-state index contributed by atoms with van der Waals surface area (Å²) in [4.78, 5) is 8.35. The number of aryl methyl sites for hydroxylation is 1. The monoisotopic (exact) mass is 293 g/mol. The van der Waals surface area contributed by atoms with Gasteiger partial charge in [0.25, 0.3) is 0 Å². The molecule has 0 unspecified atom stereocenters. The minimum atomic E-state index is -0.329. The Hall–Kier alpha value is -3.00. The predicted molar refractivity (Wildman–Crippen MR) is 79.1 cm³/mol. The quantitative estimate of drug-likeness (QED) is 0.696. The third-order valence-corrected chi connectivity index (χ3v) is 2.90. The highest BCUT2D eigenvalue weighted by molar-refractivity contribution is 5.53. The summed E-state index contributed by atoms with van der Waals surface area (Å²) in [6.07, 6.45) is 2.83. The van der Waals surface area contributed by atoms with Crippen molar-refractivity contribution in [3.8, 4) is 23.2 Å². The zero-order valence-electron chi connectivity index (χ0n) is 11.7. The average molecular weight is 293 g/mol. The normalized spacial score (nSPS) is 10.0. The first kappa shape index (κ1) is 14.0. The van der Waals surface area contributed by atoms with E-state index in [-0.39, 0.29) is 5.82 Å². The maximum absolute atomic E-state index is 13.2. The van der Waals surface area contributed by atoms with Crippen LogP contribution in [-0.4, -0.2) is 15.1 Å². The van der Waals surface area contributed by atoms with Crippen LogP contribution in [0.3, 0.4) is 0 Å². The average Bonchev–Trinajstić information content (AvgIpc) is 3.02. The van der Waals surface area contributed by atoms with Gasteiger partial charge in [0, 0.05) is 24.6 Å². The van der Waals surface area contributed by atoms with Gasteiger partial charge in [-0.05, 0) is 30.2 Å². The number of pyridine rings is 1. The van der Waals surface area contributed by atoms with Crippen molar-refractivity contribution in [3.63, 3.8) is 0 Å². The summed E-state index contributed by atoms with van der Waals surface area (Å²) in [6.45, 7) is 0. The number of hydrogen-bond acceptors (Lipinski definition) is 4. The summed E-state index contributed by atoms with van der Waals surface area (Å²) in [5.41, 5.74) is 1.32. The first-order chi connectivity index (χ1) is 10.8. The van der Waals surface area contributed by atoms with Crippen molar-refractivity contribution in [2.45, 2.75) is 12.8 Å². The molecule has 0 aliphatic heterocycles. The van der Waals surface area contributed by atoms with Gasteiger partial charge in [-0.2, -0.15) is 4.98 Å². The van der Waals surface area contributed by atoms with E-state index >= 15 is 0 Å². The highest BCUT2D eigenvalue weighted by atomic mass is 19.1. The van der Waals surface area contributed by atoms with Gasteiger partial charge in [0.05, 0.1) is 0 Å². The van der Waals surface area contributed by atoms with Gasteiger partial charge in [-0.1, -0.05) is 29.3 Å². The highest BCUT2D eigenvalue weighted by Gasteiger charge is 2.08. The maximum atomic E-state index is 13.2. The van der Waals surface area contributed by atoms with E-state index in [1.54, 1.807) is 18.3 Å². The zero-order valence-corrected chi connectivity index (χ0v) is 11.7. The summed E-state index contributed by atoms with van der Waals surface area (Å²) in [5, 5.41) is 3.85. The molecule has 0 saturated carbocycles. The molecular weight excluding hydrogens is 281 g/mol. The molecule has 2 heterocycles. The molecule has 0 saturated heterocycles. The van der Waals surface area contributed by atoms with Crippen LogP contribution in [0.1, 0.15) is 18.0 Å². The largest absolute Gasteiger partial charge is 0.339 e. The van der Waals surface area contributed by atoms with Crippen LogP contribution in [-0.2, 0) is 6.42 Å². The fourth-order valence-electron chi connectivity index (χ4n) is 1.86. The minimum Gasteiger partial charge on any atom is -0.339 e. The summed E-state index contributed by atoms with van der Waals surface area (Å²) in [6, 6.07) is 11.7. The third-order valence-electron chi connectivity index (χ3n) is 2.90. The van der Waals surface area contributed by atoms with Crippen LogP contribution in [0.25, 0.3) is 11.4 Å². The minimum absolute atomic E-state index is 0.329. The van der Waals surface area contributed by atoms with E-state index in [4.69, 9.17) is 4.52 Å².